The third kappa shape index (κ3) is 4.79. The number of piperazine rings is 1. The lowest BCUT2D eigenvalue weighted by Crippen LogP contribution is -2.53. The van der Waals surface area contributed by atoms with Crippen LogP contribution in [0.3, 0.4) is 0 Å². The fraction of sp³-hybridized carbons (Fsp3) is 0.412. The summed E-state index contributed by atoms with van der Waals surface area (Å²) in [5, 5.41) is 3.34. The number of nitrogens with one attached hydrogen (secondary N) is 1. The molecule has 8 heteroatoms. The zero-order valence-electron chi connectivity index (χ0n) is 14.4. The fourth-order valence-corrected chi connectivity index (χ4v) is 2.67. The molecule has 0 saturated carbocycles. The van der Waals surface area contributed by atoms with Crippen molar-refractivity contribution in [3.05, 3.63) is 43.0 Å². The summed E-state index contributed by atoms with van der Waals surface area (Å²) in [4.78, 5) is 21.4. The van der Waals surface area contributed by atoms with E-state index >= 15 is 0 Å². The molecule has 0 atom stereocenters. The Labute approximate surface area is 147 Å². The summed E-state index contributed by atoms with van der Waals surface area (Å²) in [6.45, 7) is 4.74. The van der Waals surface area contributed by atoms with Crippen molar-refractivity contribution in [1.82, 2.24) is 25.2 Å². The number of nitrogens with zero attached hydrogens (tertiary/aromatic N) is 6. The third-order valence-corrected chi connectivity index (χ3v) is 3.91. The number of hydrogen-bond acceptors (Lipinski definition) is 6. The van der Waals surface area contributed by atoms with Gasteiger partial charge in [0.2, 0.25) is 5.95 Å². The predicted octanol–water partition coefficient (Wildman–Crippen LogP) is 0.648. The smallest absolute Gasteiger partial charge is 0.225 e. The second-order valence-electron chi connectivity index (χ2n) is 5.53. The highest BCUT2D eigenvalue weighted by Crippen LogP contribution is 2.09. The number of ether oxygens (including phenoxy) is 1. The minimum Gasteiger partial charge on any atom is -0.490 e. The van der Waals surface area contributed by atoms with E-state index in [0.717, 1.165) is 43.8 Å². The van der Waals surface area contributed by atoms with Crippen molar-refractivity contribution in [3.63, 3.8) is 0 Å². The van der Waals surface area contributed by atoms with Gasteiger partial charge < -0.3 is 19.9 Å². The van der Waals surface area contributed by atoms with Gasteiger partial charge >= 0.3 is 0 Å². The van der Waals surface area contributed by atoms with Gasteiger partial charge in [0.05, 0.1) is 12.7 Å². The van der Waals surface area contributed by atoms with Crippen LogP contribution in [-0.2, 0) is 0 Å². The average Bonchev–Trinajstić information content (AvgIpc) is 2.70. The zero-order valence-corrected chi connectivity index (χ0v) is 14.4. The van der Waals surface area contributed by atoms with E-state index in [1.54, 1.807) is 31.8 Å². The van der Waals surface area contributed by atoms with Crippen LogP contribution in [0.15, 0.2) is 48.0 Å². The summed E-state index contributed by atoms with van der Waals surface area (Å²) in [5.41, 5.74) is 0. The number of aromatic nitrogens is 3. The highest BCUT2D eigenvalue weighted by atomic mass is 16.5. The Balaban J connectivity index is 1.42. The van der Waals surface area contributed by atoms with E-state index in [2.05, 4.69) is 35.1 Å². The summed E-state index contributed by atoms with van der Waals surface area (Å²) >= 11 is 0. The van der Waals surface area contributed by atoms with Crippen LogP contribution in [-0.4, -0.2) is 72.2 Å². The average molecular weight is 341 g/mol. The molecule has 2 aromatic heterocycles. The Morgan fingerprint density at radius 3 is 2.64 bits per heavy atom. The number of aliphatic imine (C=N–C) groups is 1. The minimum absolute atomic E-state index is 0.558. The first-order valence-electron chi connectivity index (χ1n) is 8.37. The lowest BCUT2D eigenvalue weighted by molar-refractivity contribution is 0.313. The highest BCUT2D eigenvalue weighted by Gasteiger charge is 2.20. The maximum Gasteiger partial charge on any atom is 0.225 e. The van der Waals surface area contributed by atoms with Gasteiger partial charge in [-0.15, -0.1) is 0 Å². The maximum absolute atomic E-state index is 5.64. The van der Waals surface area contributed by atoms with Gasteiger partial charge in [0.15, 0.2) is 5.96 Å². The molecule has 0 unspecified atom stereocenters. The third-order valence-electron chi connectivity index (χ3n) is 3.91. The Hall–Kier alpha value is -2.90. The van der Waals surface area contributed by atoms with E-state index in [4.69, 9.17) is 4.74 Å². The van der Waals surface area contributed by atoms with Crippen molar-refractivity contribution in [2.45, 2.75) is 0 Å². The Morgan fingerprint density at radius 1 is 1.16 bits per heavy atom. The Bertz CT molecular complexity index is 657. The molecule has 0 aliphatic carbocycles. The fourth-order valence-electron chi connectivity index (χ4n) is 2.67. The molecule has 0 bridgehead atoms. The number of guanidine groups is 1. The molecule has 132 valence electrons. The Morgan fingerprint density at radius 2 is 1.96 bits per heavy atom. The van der Waals surface area contributed by atoms with Crippen molar-refractivity contribution in [3.8, 4) is 5.75 Å². The van der Waals surface area contributed by atoms with Gasteiger partial charge in [-0.25, -0.2) is 9.97 Å². The first kappa shape index (κ1) is 16.9. The van der Waals surface area contributed by atoms with E-state index in [0.29, 0.717) is 13.2 Å². The van der Waals surface area contributed by atoms with Crippen LogP contribution in [0.5, 0.6) is 5.75 Å². The Kier molecular flexibility index (Phi) is 5.97. The molecule has 8 nitrogen and oxygen atoms in total. The second-order valence-corrected chi connectivity index (χ2v) is 5.53. The number of pyridine rings is 1. The van der Waals surface area contributed by atoms with Gasteiger partial charge in [0.1, 0.15) is 12.4 Å². The summed E-state index contributed by atoms with van der Waals surface area (Å²) in [6, 6.07) is 5.59. The summed E-state index contributed by atoms with van der Waals surface area (Å²) in [6.07, 6.45) is 6.99. The van der Waals surface area contributed by atoms with Gasteiger partial charge in [-0.1, -0.05) is 0 Å². The summed E-state index contributed by atoms with van der Waals surface area (Å²) in [5.74, 6) is 2.45. The molecular formula is C17H23N7O. The first-order valence-corrected chi connectivity index (χ1v) is 8.37. The standard InChI is InChI=1S/C17H23N7O/c1-18-16(22-8-13-25-15-4-2-5-19-14-15)23-9-11-24(12-10-23)17-20-6-3-7-21-17/h2-7,14H,8-13H2,1H3,(H,18,22). The molecule has 3 heterocycles. The number of anilines is 1. The van der Waals surface area contributed by atoms with Crippen LogP contribution < -0.4 is 15.0 Å². The van der Waals surface area contributed by atoms with Gasteiger partial charge in [-0.3, -0.25) is 9.98 Å². The lowest BCUT2D eigenvalue weighted by atomic mass is 10.3. The molecule has 0 spiro atoms. The van der Waals surface area contributed by atoms with Crippen LogP contribution in [0.4, 0.5) is 5.95 Å². The number of rotatable bonds is 5. The molecular weight excluding hydrogens is 318 g/mol. The molecule has 1 saturated heterocycles. The van der Waals surface area contributed by atoms with E-state index in [9.17, 15) is 0 Å². The molecule has 2 aromatic rings. The van der Waals surface area contributed by atoms with E-state index in [-0.39, 0.29) is 0 Å². The zero-order chi connectivity index (χ0) is 17.3. The molecule has 0 amide bonds. The van der Waals surface area contributed by atoms with Crippen molar-refractivity contribution >= 4 is 11.9 Å². The molecule has 0 aromatic carbocycles. The highest BCUT2D eigenvalue weighted by molar-refractivity contribution is 5.80. The van der Waals surface area contributed by atoms with E-state index < -0.39 is 0 Å². The topological polar surface area (TPSA) is 78.8 Å². The van der Waals surface area contributed by atoms with Crippen molar-refractivity contribution in [2.24, 2.45) is 4.99 Å². The van der Waals surface area contributed by atoms with Crippen molar-refractivity contribution < 1.29 is 4.74 Å². The SMILES string of the molecule is CN=C(NCCOc1cccnc1)N1CCN(c2ncccn2)CC1. The molecule has 1 aliphatic rings. The lowest BCUT2D eigenvalue weighted by Gasteiger charge is -2.36. The van der Waals surface area contributed by atoms with Crippen molar-refractivity contribution in [1.29, 1.82) is 0 Å². The molecule has 1 aliphatic heterocycles. The van der Waals surface area contributed by atoms with Gasteiger partial charge in [-0.2, -0.15) is 0 Å². The predicted molar refractivity (Wildman–Crippen MR) is 96.9 cm³/mol. The van der Waals surface area contributed by atoms with Gasteiger partial charge in [-0.05, 0) is 18.2 Å². The first-order chi connectivity index (χ1) is 12.4. The molecule has 3 rings (SSSR count). The van der Waals surface area contributed by atoms with Crippen LogP contribution >= 0.6 is 0 Å². The second kappa shape index (κ2) is 8.81. The molecule has 0 radical (unpaired) electrons. The quantitative estimate of drug-likeness (QED) is 0.486. The maximum atomic E-state index is 5.64. The van der Waals surface area contributed by atoms with Gasteiger partial charge in [0.25, 0.3) is 0 Å². The van der Waals surface area contributed by atoms with Crippen LogP contribution in [0.25, 0.3) is 0 Å². The van der Waals surface area contributed by atoms with Crippen LogP contribution in [0.2, 0.25) is 0 Å². The van der Waals surface area contributed by atoms with E-state index in [1.807, 2.05) is 18.2 Å². The molecule has 25 heavy (non-hydrogen) atoms. The molecule has 1 fully saturated rings. The summed E-state index contributed by atoms with van der Waals surface area (Å²) in [7, 11) is 1.80. The van der Waals surface area contributed by atoms with Crippen LogP contribution in [0, 0.1) is 0 Å². The monoisotopic (exact) mass is 341 g/mol. The van der Waals surface area contributed by atoms with Crippen LogP contribution in [0.1, 0.15) is 0 Å². The number of hydrogen-bond donors (Lipinski definition) is 1. The van der Waals surface area contributed by atoms with Gasteiger partial charge in [0, 0.05) is 51.8 Å². The molecule has 1 N–H and O–H groups in total. The minimum atomic E-state index is 0.558. The largest absolute Gasteiger partial charge is 0.490 e. The van der Waals surface area contributed by atoms with Crippen molar-refractivity contribution in [2.75, 3.05) is 51.3 Å². The normalized spacial score (nSPS) is 15.2. The van der Waals surface area contributed by atoms with E-state index in [1.165, 1.54) is 0 Å². The summed E-state index contributed by atoms with van der Waals surface area (Å²) < 4.78 is 5.64.